The van der Waals surface area contributed by atoms with Crippen LogP contribution in [0.1, 0.15) is 45.1 Å². The first-order chi connectivity index (χ1) is 9.13. The van der Waals surface area contributed by atoms with Crippen molar-refractivity contribution >= 4 is 17.4 Å². The molecule has 106 valence electrons. The Hall–Kier alpha value is -1.02. The van der Waals surface area contributed by atoms with E-state index in [-0.39, 0.29) is 5.78 Å². The Morgan fingerprint density at radius 3 is 2.47 bits per heavy atom. The Morgan fingerprint density at radius 2 is 1.89 bits per heavy atom. The molecule has 1 aromatic carbocycles. The molecule has 1 rings (SSSR count). The van der Waals surface area contributed by atoms with Crippen LogP contribution >= 0.6 is 11.6 Å². The second kappa shape index (κ2) is 8.98. The molecule has 0 aliphatic carbocycles. The van der Waals surface area contributed by atoms with Gasteiger partial charge in [0.25, 0.3) is 0 Å². The largest absolute Gasteiger partial charge is 0.494 e. The van der Waals surface area contributed by atoms with Crippen LogP contribution in [0, 0.1) is 0 Å². The van der Waals surface area contributed by atoms with Crippen molar-refractivity contribution in [2.45, 2.75) is 51.3 Å². The maximum absolute atomic E-state index is 11.1. The Labute approximate surface area is 121 Å². The van der Waals surface area contributed by atoms with Gasteiger partial charge in [0.2, 0.25) is 0 Å². The molecule has 0 spiro atoms. The van der Waals surface area contributed by atoms with Gasteiger partial charge in [-0.2, -0.15) is 0 Å². The van der Waals surface area contributed by atoms with Gasteiger partial charge < -0.3 is 4.74 Å². The molecule has 1 atom stereocenters. The number of hydrogen-bond donors (Lipinski definition) is 0. The fourth-order valence-corrected chi connectivity index (χ4v) is 1.97. The average molecular weight is 283 g/mol. The molecule has 0 aliphatic heterocycles. The lowest BCUT2D eigenvalue weighted by Crippen LogP contribution is -2.13. The molecule has 0 heterocycles. The number of ether oxygens (including phenoxy) is 1. The summed E-state index contributed by atoms with van der Waals surface area (Å²) in [6.45, 7) is 4.49. The predicted octanol–water partition coefficient (Wildman–Crippen LogP) is 4.38. The average Bonchev–Trinajstić information content (AvgIpc) is 2.40. The molecule has 1 unspecified atom stereocenters. The van der Waals surface area contributed by atoms with Crippen molar-refractivity contribution in [1.29, 1.82) is 0 Å². The van der Waals surface area contributed by atoms with Gasteiger partial charge >= 0.3 is 0 Å². The molecule has 19 heavy (non-hydrogen) atoms. The summed E-state index contributed by atoms with van der Waals surface area (Å²) in [5, 5.41) is -0.430. The molecule has 0 radical (unpaired) electrons. The number of Topliss-reactive ketones (excluding diaryl/α,β-unsaturated/α-hetero) is 1. The van der Waals surface area contributed by atoms with Gasteiger partial charge in [0.15, 0.2) is 0 Å². The van der Waals surface area contributed by atoms with E-state index in [1.807, 2.05) is 24.3 Å². The summed E-state index contributed by atoms with van der Waals surface area (Å²) < 4.78 is 5.66. The quantitative estimate of drug-likeness (QED) is 0.496. The highest BCUT2D eigenvalue weighted by Crippen LogP contribution is 2.16. The van der Waals surface area contributed by atoms with Crippen molar-refractivity contribution in [1.82, 2.24) is 0 Å². The summed E-state index contributed by atoms with van der Waals surface area (Å²) in [6.07, 6.45) is 5.41. The summed E-state index contributed by atoms with van der Waals surface area (Å²) in [5.74, 6) is 0.895. The first-order valence-electron chi connectivity index (χ1n) is 6.99. The van der Waals surface area contributed by atoms with Crippen LogP contribution in [0.25, 0.3) is 0 Å². The lowest BCUT2D eigenvalue weighted by molar-refractivity contribution is -0.116. The lowest BCUT2D eigenvalue weighted by atomic mass is 10.1. The minimum absolute atomic E-state index is 0.0120. The zero-order chi connectivity index (χ0) is 14.1. The maximum Gasteiger partial charge on any atom is 0.147 e. The number of rotatable bonds is 9. The number of alkyl halides is 1. The Kier molecular flexibility index (Phi) is 7.57. The first-order valence-corrected chi connectivity index (χ1v) is 7.43. The van der Waals surface area contributed by atoms with Crippen molar-refractivity contribution in [2.75, 3.05) is 6.61 Å². The van der Waals surface area contributed by atoms with E-state index in [4.69, 9.17) is 16.3 Å². The highest BCUT2D eigenvalue weighted by molar-refractivity contribution is 6.30. The van der Waals surface area contributed by atoms with Gasteiger partial charge in [0.1, 0.15) is 11.5 Å². The molecule has 2 nitrogen and oxygen atoms in total. The number of benzene rings is 1. The smallest absolute Gasteiger partial charge is 0.147 e. The molecule has 0 fully saturated rings. The highest BCUT2D eigenvalue weighted by Gasteiger charge is 2.10. The predicted molar refractivity (Wildman–Crippen MR) is 80.1 cm³/mol. The molecule has 3 heteroatoms. The van der Waals surface area contributed by atoms with Crippen LogP contribution in [-0.2, 0) is 11.2 Å². The van der Waals surface area contributed by atoms with Crippen molar-refractivity contribution < 1.29 is 9.53 Å². The van der Waals surface area contributed by atoms with Gasteiger partial charge in [-0.05, 0) is 37.5 Å². The Balaban J connectivity index is 2.33. The van der Waals surface area contributed by atoms with E-state index in [9.17, 15) is 4.79 Å². The van der Waals surface area contributed by atoms with E-state index in [0.717, 1.165) is 24.3 Å². The molecule has 0 saturated carbocycles. The van der Waals surface area contributed by atoms with Crippen molar-refractivity contribution in [3.05, 3.63) is 29.8 Å². The van der Waals surface area contributed by atoms with E-state index >= 15 is 0 Å². The number of halogens is 1. The topological polar surface area (TPSA) is 26.3 Å². The number of hydrogen-bond acceptors (Lipinski definition) is 2. The van der Waals surface area contributed by atoms with Crippen LogP contribution < -0.4 is 4.74 Å². The molecule has 0 amide bonds. The SMILES string of the molecule is CCCCCCOc1ccc(CC(Cl)C(C)=O)cc1. The van der Waals surface area contributed by atoms with Crippen LogP contribution in [0.2, 0.25) is 0 Å². The zero-order valence-corrected chi connectivity index (χ0v) is 12.6. The van der Waals surface area contributed by atoms with Crippen LogP contribution in [0.15, 0.2) is 24.3 Å². The maximum atomic E-state index is 11.1. The number of carbonyl (C=O) groups excluding carboxylic acids is 1. The Bertz CT molecular complexity index is 373. The van der Waals surface area contributed by atoms with Gasteiger partial charge in [-0.3, -0.25) is 4.79 Å². The van der Waals surface area contributed by atoms with E-state index in [0.29, 0.717) is 6.42 Å². The summed E-state index contributed by atoms with van der Waals surface area (Å²) >= 11 is 5.94. The zero-order valence-electron chi connectivity index (χ0n) is 11.8. The van der Waals surface area contributed by atoms with Gasteiger partial charge in [-0.1, -0.05) is 38.3 Å². The Morgan fingerprint density at radius 1 is 1.21 bits per heavy atom. The second-order valence-electron chi connectivity index (χ2n) is 4.84. The molecular weight excluding hydrogens is 260 g/mol. The van der Waals surface area contributed by atoms with Crippen LogP contribution in [0.5, 0.6) is 5.75 Å². The summed E-state index contributed by atoms with van der Waals surface area (Å²) in [6, 6.07) is 7.83. The minimum atomic E-state index is -0.430. The van der Waals surface area contributed by atoms with E-state index < -0.39 is 5.38 Å². The third kappa shape index (κ3) is 6.63. The standard InChI is InChI=1S/C16H23ClO2/c1-3-4-5-6-11-19-15-9-7-14(8-10-15)12-16(17)13(2)18/h7-10,16H,3-6,11-12H2,1-2H3. The van der Waals surface area contributed by atoms with E-state index in [2.05, 4.69) is 6.92 Å². The van der Waals surface area contributed by atoms with Crippen molar-refractivity contribution in [2.24, 2.45) is 0 Å². The second-order valence-corrected chi connectivity index (χ2v) is 5.36. The highest BCUT2D eigenvalue weighted by atomic mass is 35.5. The van der Waals surface area contributed by atoms with Gasteiger partial charge in [0, 0.05) is 0 Å². The number of ketones is 1. The first kappa shape index (κ1) is 16.0. The molecule has 1 aromatic rings. The minimum Gasteiger partial charge on any atom is -0.494 e. The van der Waals surface area contributed by atoms with Gasteiger partial charge in [-0.25, -0.2) is 0 Å². The monoisotopic (exact) mass is 282 g/mol. The van der Waals surface area contributed by atoms with E-state index in [1.165, 1.54) is 26.2 Å². The number of unbranched alkanes of at least 4 members (excludes halogenated alkanes) is 3. The summed E-state index contributed by atoms with van der Waals surface area (Å²) in [7, 11) is 0. The number of carbonyl (C=O) groups is 1. The van der Waals surface area contributed by atoms with Crippen molar-refractivity contribution in [3.63, 3.8) is 0 Å². The van der Waals surface area contributed by atoms with Crippen LogP contribution in [0.4, 0.5) is 0 Å². The molecule has 0 aliphatic rings. The van der Waals surface area contributed by atoms with Crippen LogP contribution in [-0.4, -0.2) is 17.8 Å². The molecule has 0 saturated heterocycles. The lowest BCUT2D eigenvalue weighted by Gasteiger charge is -2.08. The third-order valence-corrected chi connectivity index (χ3v) is 3.51. The van der Waals surface area contributed by atoms with Gasteiger partial charge in [-0.15, -0.1) is 11.6 Å². The van der Waals surface area contributed by atoms with Gasteiger partial charge in [0.05, 0.1) is 12.0 Å². The summed E-state index contributed by atoms with van der Waals surface area (Å²) in [5.41, 5.74) is 1.06. The van der Waals surface area contributed by atoms with Crippen LogP contribution in [0.3, 0.4) is 0 Å². The molecule has 0 bridgehead atoms. The van der Waals surface area contributed by atoms with E-state index in [1.54, 1.807) is 0 Å². The molecular formula is C16H23ClO2. The summed E-state index contributed by atoms with van der Waals surface area (Å²) in [4.78, 5) is 11.1. The molecule has 0 aromatic heterocycles. The van der Waals surface area contributed by atoms with Crippen molar-refractivity contribution in [3.8, 4) is 5.75 Å². The fraction of sp³-hybridized carbons (Fsp3) is 0.562. The fourth-order valence-electron chi connectivity index (χ4n) is 1.79. The third-order valence-electron chi connectivity index (χ3n) is 3.05. The normalized spacial score (nSPS) is 12.2. The molecule has 0 N–H and O–H groups in total.